The van der Waals surface area contributed by atoms with Crippen LogP contribution in [0, 0.1) is 13.8 Å². The third-order valence-electron chi connectivity index (χ3n) is 4.36. The molecular formula is C16H20N2O3S2. The maximum absolute atomic E-state index is 12.0. The van der Waals surface area contributed by atoms with Gasteiger partial charge in [-0.2, -0.15) is 4.99 Å². The lowest BCUT2D eigenvalue weighted by molar-refractivity contribution is -0.117. The molecule has 0 aliphatic carbocycles. The van der Waals surface area contributed by atoms with Gasteiger partial charge in [0.2, 0.25) is 5.91 Å². The molecule has 2 aliphatic heterocycles. The third kappa shape index (κ3) is 3.17. The minimum Gasteiger partial charge on any atom is -0.316 e. The van der Waals surface area contributed by atoms with Crippen molar-refractivity contribution in [3.05, 3.63) is 29.3 Å². The molecule has 1 aromatic rings. The molecule has 0 saturated carbocycles. The first kappa shape index (κ1) is 16.5. The van der Waals surface area contributed by atoms with Gasteiger partial charge in [0.1, 0.15) is 0 Å². The van der Waals surface area contributed by atoms with Gasteiger partial charge >= 0.3 is 0 Å². The van der Waals surface area contributed by atoms with Crippen LogP contribution in [0.3, 0.4) is 0 Å². The van der Waals surface area contributed by atoms with Crippen molar-refractivity contribution in [3.8, 4) is 0 Å². The van der Waals surface area contributed by atoms with Gasteiger partial charge < -0.3 is 4.90 Å². The normalized spacial score (nSPS) is 27.4. The molecule has 0 bridgehead atoms. The van der Waals surface area contributed by atoms with Crippen LogP contribution in [0.15, 0.2) is 23.2 Å². The lowest BCUT2D eigenvalue weighted by atomic mass is 10.1. The molecule has 3 rings (SSSR count). The van der Waals surface area contributed by atoms with Crippen molar-refractivity contribution in [2.45, 2.75) is 38.5 Å². The topological polar surface area (TPSA) is 66.8 Å². The van der Waals surface area contributed by atoms with Crippen LogP contribution in [0.1, 0.15) is 24.5 Å². The van der Waals surface area contributed by atoms with Crippen molar-refractivity contribution in [2.24, 2.45) is 4.99 Å². The Labute approximate surface area is 141 Å². The average Bonchev–Trinajstić information content (AvgIpc) is 2.93. The highest BCUT2D eigenvalue weighted by Gasteiger charge is 2.49. The van der Waals surface area contributed by atoms with Crippen molar-refractivity contribution < 1.29 is 13.2 Å². The van der Waals surface area contributed by atoms with E-state index in [1.54, 1.807) is 6.92 Å². The zero-order chi connectivity index (χ0) is 16.8. The summed E-state index contributed by atoms with van der Waals surface area (Å²) in [5, 5.41) is 0.579. The average molecular weight is 352 g/mol. The highest BCUT2D eigenvalue weighted by atomic mass is 32.2. The van der Waals surface area contributed by atoms with Crippen LogP contribution in [0.5, 0.6) is 0 Å². The standard InChI is InChI=1S/C16H20N2O3S2/c1-4-15(19)17-16-18(12-6-5-10(2)11(3)7-12)13-8-23(20,21)9-14(13)22-16/h5-7,13-14H,4,8-9H2,1-3H3/t13-,14+/m0/s1. The molecule has 0 aromatic heterocycles. The minimum atomic E-state index is -3.02. The molecule has 0 radical (unpaired) electrons. The number of fused-ring (bicyclic) bond motifs is 1. The van der Waals surface area contributed by atoms with Gasteiger partial charge in [-0.3, -0.25) is 4.79 Å². The van der Waals surface area contributed by atoms with E-state index in [0.29, 0.717) is 11.6 Å². The number of carbonyl (C=O) groups is 1. The van der Waals surface area contributed by atoms with Gasteiger partial charge in [-0.05, 0) is 37.1 Å². The molecule has 1 amide bonds. The number of benzene rings is 1. The highest BCUT2D eigenvalue weighted by Crippen LogP contribution is 2.41. The van der Waals surface area contributed by atoms with E-state index in [1.165, 1.54) is 17.3 Å². The fourth-order valence-corrected chi connectivity index (χ4v) is 6.86. The number of aliphatic imine (C=N–C) groups is 1. The summed E-state index contributed by atoms with van der Waals surface area (Å²) in [5.41, 5.74) is 3.23. The molecule has 5 nitrogen and oxygen atoms in total. The van der Waals surface area contributed by atoms with Crippen LogP contribution in [0.25, 0.3) is 0 Å². The Balaban J connectivity index is 2.04. The molecule has 0 unspecified atom stereocenters. The van der Waals surface area contributed by atoms with Crippen LogP contribution in [-0.2, 0) is 14.6 Å². The number of amides is 1. The van der Waals surface area contributed by atoms with Crippen LogP contribution < -0.4 is 4.90 Å². The second kappa shape index (κ2) is 5.94. The molecule has 7 heteroatoms. The lowest BCUT2D eigenvalue weighted by Gasteiger charge is -2.25. The van der Waals surface area contributed by atoms with Gasteiger partial charge in [-0.25, -0.2) is 8.42 Å². The molecule has 23 heavy (non-hydrogen) atoms. The second-order valence-corrected chi connectivity index (χ2v) is 9.44. The summed E-state index contributed by atoms with van der Waals surface area (Å²) in [6.07, 6.45) is 0.346. The van der Waals surface area contributed by atoms with Crippen molar-refractivity contribution in [2.75, 3.05) is 16.4 Å². The van der Waals surface area contributed by atoms with E-state index in [4.69, 9.17) is 0 Å². The lowest BCUT2D eigenvalue weighted by Crippen LogP contribution is -2.37. The van der Waals surface area contributed by atoms with Gasteiger partial charge in [-0.15, -0.1) is 0 Å². The van der Waals surface area contributed by atoms with Crippen LogP contribution in [0.4, 0.5) is 5.69 Å². The van der Waals surface area contributed by atoms with Gasteiger partial charge in [0, 0.05) is 17.4 Å². The zero-order valence-electron chi connectivity index (χ0n) is 13.4. The van der Waals surface area contributed by atoms with Crippen molar-refractivity contribution in [3.63, 3.8) is 0 Å². The Morgan fingerprint density at radius 2 is 2.04 bits per heavy atom. The largest absolute Gasteiger partial charge is 0.316 e. The molecule has 2 atom stereocenters. The number of rotatable bonds is 2. The quantitative estimate of drug-likeness (QED) is 0.817. The number of sulfone groups is 1. The molecule has 2 heterocycles. The van der Waals surface area contributed by atoms with E-state index in [9.17, 15) is 13.2 Å². The first-order chi connectivity index (χ1) is 10.8. The van der Waals surface area contributed by atoms with E-state index < -0.39 is 9.84 Å². The van der Waals surface area contributed by atoms with Gasteiger partial charge in [0.25, 0.3) is 0 Å². The fourth-order valence-electron chi connectivity index (χ4n) is 2.93. The number of nitrogens with zero attached hydrogens (tertiary/aromatic N) is 2. The summed E-state index contributed by atoms with van der Waals surface area (Å²) in [5.74, 6) is 0.101. The van der Waals surface area contributed by atoms with Crippen molar-refractivity contribution in [1.82, 2.24) is 0 Å². The second-order valence-electron chi connectivity index (χ2n) is 6.08. The SMILES string of the molecule is CCC(=O)N=C1S[C@@H]2CS(=O)(=O)C[C@@H]2N1c1ccc(C)c(C)c1. The van der Waals surface area contributed by atoms with E-state index in [0.717, 1.165) is 11.3 Å². The van der Waals surface area contributed by atoms with E-state index in [1.807, 2.05) is 36.9 Å². The number of hydrogen-bond donors (Lipinski definition) is 0. The zero-order valence-corrected chi connectivity index (χ0v) is 15.1. The van der Waals surface area contributed by atoms with Gasteiger partial charge in [-0.1, -0.05) is 24.8 Å². The summed E-state index contributed by atoms with van der Waals surface area (Å²) < 4.78 is 24.0. The number of amidine groups is 1. The van der Waals surface area contributed by atoms with E-state index in [2.05, 4.69) is 4.99 Å². The van der Waals surface area contributed by atoms with Crippen LogP contribution in [-0.4, -0.2) is 42.3 Å². The summed E-state index contributed by atoms with van der Waals surface area (Å²) in [6, 6.07) is 5.89. The number of hydrogen-bond acceptors (Lipinski definition) is 4. The first-order valence-electron chi connectivity index (χ1n) is 7.66. The van der Waals surface area contributed by atoms with Crippen LogP contribution >= 0.6 is 11.8 Å². The smallest absolute Gasteiger partial charge is 0.247 e. The molecule has 2 saturated heterocycles. The molecule has 2 fully saturated rings. The first-order valence-corrected chi connectivity index (χ1v) is 10.4. The van der Waals surface area contributed by atoms with Gasteiger partial charge in [0.05, 0.1) is 17.5 Å². The number of anilines is 1. The van der Waals surface area contributed by atoms with Crippen molar-refractivity contribution >= 4 is 38.4 Å². The number of thioether (sulfide) groups is 1. The molecule has 0 N–H and O–H groups in total. The Kier molecular flexibility index (Phi) is 4.27. The minimum absolute atomic E-state index is 0.0509. The Bertz CT molecular complexity index is 787. The Morgan fingerprint density at radius 1 is 1.30 bits per heavy atom. The molecule has 0 spiro atoms. The monoisotopic (exact) mass is 352 g/mol. The van der Waals surface area contributed by atoms with E-state index >= 15 is 0 Å². The Morgan fingerprint density at radius 3 is 2.70 bits per heavy atom. The predicted molar refractivity (Wildman–Crippen MR) is 94.9 cm³/mol. The third-order valence-corrected chi connectivity index (χ3v) is 7.57. The summed E-state index contributed by atoms with van der Waals surface area (Å²) in [7, 11) is -3.02. The molecule has 124 valence electrons. The highest BCUT2D eigenvalue weighted by molar-refractivity contribution is 8.16. The predicted octanol–water partition coefficient (Wildman–Crippen LogP) is 2.31. The fraction of sp³-hybridized carbons (Fsp3) is 0.500. The van der Waals surface area contributed by atoms with E-state index in [-0.39, 0.29) is 28.7 Å². The maximum atomic E-state index is 12.0. The maximum Gasteiger partial charge on any atom is 0.247 e. The number of carbonyl (C=O) groups excluding carboxylic acids is 1. The Hall–Kier alpha value is -1.34. The number of aryl methyl sites for hydroxylation is 2. The van der Waals surface area contributed by atoms with Gasteiger partial charge in [0.15, 0.2) is 15.0 Å². The van der Waals surface area contributed by atoms with Crippen molar-refractivity contribution in [1.29, 1.82) is 0 Å². The molecular weight excluding hydrogens is 332 g/mol. The van der Waals surface area contributed by atoms with Crippen LogP contribution in [0.2, 0.25) is 0 Å². The summed E-state index contributed by atoms with van der Waals surface area (Å²) >= 11 is 1.42. The molecule has 2 aliphatic rings. The molecule has 1 aromatic carbocycles. The summed E-state index contributed by atoms with van der Waals surface area (Å²) in [6.45, 7) is 5.84. The summed E-state index contributed by atoms with van der Waals surface area (Å²) in [4.78, 5) is 17.9.